The van der Waals surface area contributed by atoms with Gasteiger partial charge in [0.1, 0.15) is 0 Å². The van der Waals surface area contributed by atoms with E-state index < -0.39 is 18.1 Å². The Hall–Kier alpha value is 0.0738. The molecule has 0 fully saturated rings. The van der Waals surface area contributed by atoms with E-state index in [2.05, 4.69) is 10.6 Å². The minimum atomic E-state index is -2.35. The van der Waals surface area contributed by atoms with Crippen LogP contribution in [0.25, 0.3) is 0 Å². The van der Waals surface area contributed by atoms with E-state index in [0.29, 0.717) is 13.1 Å². The van der Waals surface area contributed by atoms with Gasteiger partial charge in [0.15, 0.2) is 0 Å². The molecular formula is C16H44N4O5Si2. The summed E-state index contributed by atoms with van der Waals surface area (Å²) >= 11 is 0. The highest BCUT2D eigenvalue weighted by Crippen LogP contribution is 2.14. The van der Waals surface area contributed by atoms with Gasteiger partial charge in [0.05, 0.1) is 0 Å². The molecule has 0 atom stereocenters. The number of rotatable bonds is 18. The molecule has 11 heteroatoms. The van der Waals surface area contributed by atoms with E-state index >= 15 is 0 Å². The third-order valence-electron chi connectivity index (χ3n) is 3.98. The summed E-state index contributed by atoms with van der Waals surface area (Å²) < 4.78 is 26.3. The summed E-state index contributed by atoms with van der Waals surface area (Å²) in [7, 11) is 4.70. The van der Waals surface area contributed by atoms with Gasteiger partial charge in [-0.15, -0.1) is 0 Å². The predicted octanol–water partition coefficient (Wildman–Crippen LogP) is -0.369. The van der Waals surface area contributed by atoms with Crippen molar-refractivity contribution in [3.8, 4) is 0 Å². The molecule has 0 aliphatic carbocycles. The van der Waals surface area contributed by atoms with Gasteiger partial charge in [-0.05, 0) is 32.0 Å². The Labute approximate surface area is 169 Å². The van der Waals surface area contributed by atoms with E-state index in [4.69, 9.17) is 33.6 Å². The summed E-state index contributed by atoms with van der Waals surface area (Å²) in [6, 6.07) is 1.92. The molecule has 0 aromatic carbocycles. The lowest BCUT2D eigenvalue weighted by molar-refractivity contribution is 0.123. The van der Waals surface area contributed by atoms with Crippen LogP contribution in [0.2, 0.25) is 12.1 Å². The average molecular weight is 429 g/mol. The SMILES string of the molecule is CO[SiH](CCCCNCCN)OC.CO[Si](CCCNCCN)(OC)OC. The van der Waals surface area contributed by atoms with E-state index in [1.165, 1.54) is 12.8 Å². The van der Waals surface area contributed by atoms with E-state index in [1.54, 1.807) is 35.5 Å². The summed E-state index contributed by atoms with van der Waals surface area (Å²) in [5.41, 5.74) is 10.7. The van der Waals surface area contributed by atoms with Crippen LogP contribution in [0.4, 0.5) is 0 Å². The minimum absolute atomic E-state index is 0.668. The quantitative estimate of drug-likeness (QED) is 0.171. The van der Waals surface area contributed by atoms with Crippen molar-refractivity contribution in [3.05, 3.63) is 0 Å². The molecule has 0 rings (SSSR count). The zero-order valence-corrected chi connectivity index (χ0v) is 20.2. The molecule has 0 saturated heterocycles. The molecule has 0 aliphatic rings. The summed E-state index contributed by atoms with van der Waals surface area (Å²) in [6.45, 7) is 5.11. The third-order valence-corrected chi connectivity index (χ3v) is 8.74. The molecule has 27 heavy (non-hydrogen) atoms. The molecule has 0 amide bonds. The second-order valence-corrected chi connectivity index (χ2v) is 11.3. The molecule has 0 aliphatic heterocycles. The largest absolute Gasteiger partial charge is 0.500 e. The van der Waals surface area contributed by atoms with Gasteiger partial charge in [-0.3, -0.25) is 0 Å². The molecule has 6 N–H and O–H groups in total. The Bertz CT molecular complexity index is 281. The standard InChI is InChI=1S/C8H22N2O3Si.C8H22N2O2Si/c1-11-14(12-2,13-3)8-4-6-10-7-5-9;1-11-13(12-2)8-4-3-6-10-7-5-9/h10H,4-9H2,1-3H3;10,13H,3-9H2,1-2H3. The molecule has 0 saturated carbocycles. The van der Waals surface area contributed by atoms with Crippen LogP contribution < -0.4 is 22.1 Å². The highest BCUT2D eigenvalue weighted by molar-refractivity contribution is 6.60. The van der Waals surface area contributed by atoms with Crippen LogP contribution in [0, 0.1) is 0 Å². The van der Waals surface area contributed by atoms with Crippen molar-refractivity contribution < 1.29 is 22.1 Å². The van der Waals surface area contributed by atoms with Gasteiger partial charge in [-0.1, -0.05) is 6.42 Å². The lowest BCUT2D eigenvalue weighted by Gasteiger charge is -2.24. The summed E-state index contributed by atoms with van der Waals surface area (Å²) in [6.07, 6.45) is 3.33. The van der Waals surface area contributed by atoms with Crippen LogP contribution in [0.3, 0.4) is 0 Å². The van der Waals surface area contributed by atoms with Crippen molar-refractivity contribution in [2.45, 2.75) is 31.4 Å². The Balaban J connectivity index is 0. The average Bonchev–Trinajstić information content (AvgIpc) is 2.71. The number of nitrogens with one attached hydrogen (secondary N) is 2. The first kappa shape index (κ1) is 29.3. The monoisotopic (exact) mass is 428 g/mol. The zero-order chi connectivity index (χ0) is 20.8. The van der Waals surface area contributed by atoms with Crippen LogP contribution in [-0.4, -0.2) is 92.9 Å². The van der Waals surface area contributed by atoms with Gasteiger partial charge in [-0.25, -0.2) is 0 Å². The van der Waals surface area contributed by atoms with Crippen LogP contribution in [0.15, 0.2) is 0 Å². The molecule has 0 bridgehead atoms. The fraction of sp³-hybridized carbons (Fsp3) is 1.00. The fourth-order valence-corrected chi connectivity index (χ4v) is 5.34. The summed E-state index contributed by atoms with van der Waals surface area (Å²) in [5, 5.41) is 6.46. The van der Waals surface area contributed by atoms with Gasteiger partial charge in [0.25, 0.3) is 0 Å². The summed E-state index contributed by atoms with van der Waals surface area (Å²) in [5.74, 6) is 0. The van der Waals surface area contributed by atoms with Crippen molar-refractivity contribution in [2.24, 2.45) is 11.5 Å². The molecule has 9 nitrogen and oxygen atoms in total. The first-order valence-corrected chi connectivity index (χ1v) is 13.3. The smallest absolute Gasteiger partial charge is 0.400 e. The molecule has 166 valence electrons. The topological polar surface area (TPSA) is 122 Å². The number of unbranched alkanes of at least 4 members (excludes halogenated alkanes) is 1. The highest BCUT2D eigenvalue weighted by atomic mass is 28.4. The first-order valence-electron chi connectivity index (χ1n) is 9.62. The Morgan fingerprint density at radius 3 is 1.59 bits per heavy atom. The molecule has 0 unspecified atom stereocenters. The first-order chi connectivity index (χ1) is 13.1. The number of hydrogen-bond acceptors (Lipinski definition) is 9. The Kier molecular flexibility index (Phi) is 24.2. The molecule has 0 aromatic rings. The number of hydrogen-bond donors (Lipinski definition) is 4. The molecule has 0 radical (unpaired) electrons. The fourth-order valence-electron chi connectivity index (χ4n) is 2.33. The van der Waals surface area contributed by atoms with Crippen molar-refractivity contribution >= 4 is 18.1 Å². The van der Waals surface area contributed by atoms with Crippen LogP contribution in [0.1, 0.15) is 19.3 Å². The third kappa shape index (κ3) is 17.9. The molecule has 0 heterocycles. The summed E-state index contributed by atoms with van der Waals surface area (Å²) in [4.78, 5) is 0. The van der Waals surface area contributed by atoms with Crippen LogP contribution in [0.5, 0.6) is 0 Å². The van der Waals surface area contributed by atoms with Crippen molar-refractivity contribution in [1.29, 1.82) is 0 Å². The normalized spacial score (nSPS) is 11.6. The maximum atomic E-state index is 5.35. The second kappa shape index (κ2) is 22.4. The predicted molar refractivity (Wildman–Crippen MR) is 115 cm³/mol. The highest BCUT2D eigenvalue weighted by Gasteiger charge is 2.36. The van der Waals surface area contributed by atoms with Gasteiger partial charge >= 0.3 is 18.1 Å². The van der Waals surface area contributed by atoms with Gasteiger partial charge < -0.3 is 44.2 Å². The number of nitrogens with two attached hydrogens (primary N) is 2. The minimum Gasteiger partial charge on any atom is -0.400 e. The van der Waals surface area contributed by atoms with Crippen molar-refractivity contribution in [2.75, 3.05) is 74.8 Å². The second-order valence-electron chi connectivity index (χ2n) is 5.87. The van der Waals surface area contributed by atoms with Crippen molar-refractivity contribution in [3.63, 3.8) is 0 Å². The lowest BCUT2D eigenvalue weighted by Crippen LogP contribution is -2.43. The zero-order valence-electron chi connectivity index (χ0n) is 18.1. The molecular weight excluding hydrogens is 384 g/mol. The van der Waals surface area contributed by atoms with Crippen LogP contribution in [-0.2, 0) is 22.1 Å². The molecule has 0 spiro atoms. The van der Waals surface area contributed by atoms with E-state index in [9.17, 15) is 0 Å². The van der Waals surface area contributed by atoms with Gasteiger partial charge in [0.2, 0.25) is 0 Å². The van der Waals surface area contributed by atoms with Gasteiger partial charge in [0, 0.05) is 67.8 Å². The van der Waals surface area contributed by atoms with Gasteiger partial charge in [-0.2, -0.15) is 0 Å². The van der Waals surface area contributed by atoms with E-state index in [1.807, 2.05) is 0 Å². The Morgan fingerprint density at radius 2 is 1.19 bits per heavy atom. The van der Waals surface area contributed by atoms with E-state index in [-0.39, 0.29) is 0 Å². The molecule has 0 aromatic heterocycles. The van der Waals surface area contributed by atoms with Crippen molar-refractivity contribution in [1.82, 2.24) is 10.6 Å². The van der Waals surface area contributed by atoms with Crippen LogP contribution >= 0.6 is 0 Å². The maximum Gasteiger partial charge on any atom is 0.500 e. The maximum absolute atomic E-state index is 5.35. The Morgan fingerprint density at radius 1 is 0.704 bits per heavy atom. The van der Waals surface area contributed by atoms with E-state index in [0.717, 1.165) is 44.7 Å². The lowest BCUT2D eigenvalue weighted by atomic mass is 10.3.